The minimum absolute atomic E-state index is 0.0832. The van der Waals surface area contributed by atoms with Gasteiger partial charge < -0.3 is 25.1 Å². The number of carboxylic acid groups (broad SMARTS) is 1. The number of hydrogen-bond donors (Lipinski definition) is 1. The minimum Gasteiger partial charge on any atom is -0.542 e. The van der Waals surface area contributed by atoms with Crippen LogP contribution >= 0.6 is 0 Å². The van der Waals surface area contributed by atoms with E-state index < -0.39 is 42.2 Å². The summed E-state index contributed by atoms with van der Waals surface area (Å²) < 4.78 is 56.7. The first-order chi connectivity index (χ1) is 18.3. The maximum atomic E-state index is 14.9. The van der Waals surface area contributed by atoms with Crippen molar-refractivity contribution in [3.63, 3.8) is 0 Å². The number of aryl methyl sites for hydroxylation is 1. The molecule has 0 saturated carbocycles. The van der Waals surface area contributed by atoms with E-state index in [0.717, 1.165) is 0 Å². The topological polar surface area (TPSA) is 180 Å². The fourth-order valence-electron chi connectivity index (χ4n) is 3.11. The number of halogens is 4. The number of amides is 1. The Labute approximate surface area is 217 Å². The summed E-state index contributed by atoms with van der Waals surface area (Å²) in [6.07, 6.45) is -4.95. The molecule has 1 aliphatic heterocycles. The number of nitrogens with zero attached hydrogens (tertiary/aromatic N) is 6. The molecule has 1 fully saturated rings. The lowest BCUT2D eigenvalue weighted by atomic mass is 10.1. The average Bonchev–Trinajstić information content (AvgIpc) is 3.47. The molecule has 0 spiro atoms. The number of aliphatic carboxylic acids is 1. The van der Waals surface area contributed by atoms with Gasteiger partial charge in [0.15, 0.2) is 12.1 Å². The van der Waals surface area contributed by atoms with Gasteiger partial charge in [-0.05, 0) is 36.4 Å². The van der Waals surface area contributed by atoms with Crippen molar-refractivity contribution in [1.82, 2.24) is 25.2 Å². The number of quaternary nitrogens is 1. The number of anilines is 1. The number of esters is 1. The van der Waals surface area contributed by atoms with Gasteiger partial charge in [-0.25, -0.2) is 14.0 Å². The number of aromatic nitrogens is 5. The molecule has 3 N–H and O–H groups in total. The number of hydrogen-bond acceptors (Lipinski definition) is 10. The molecule has 1 aliphatic rings. The summed E-state index contributed by atoms with van der Waals surface area (Å²) in [6, 6.07) is 7.29. The third kappa shape index (κ3) is 7.44. The zero-order chi connectivity index (χ0) is 28.9. The molecule has 208 valence electrons. The molecule has 2 aromatic heterocycles. The van der Waals surface area contributed by atoms with Crippen LogP contribution in [-0.4, -0.2) is 74.7 Å². The number of alkyl halides is 3. The third-order valence-electron chi connectivity index (χ3n) is 5.00. The summed E-state index contributed by atoms with van der Waals surface area (Å²) in [6.45, 7) is 1.66. The van der Waals surface area contributed by atoms with E-state index in [1.165, 1.54) is 22.0 Å². The molecule has 39 heavy (non-hydrogen) atoms. The van der Waals surface area contributed by atoms with Crippen LogP contribution in [0.5, 0.6) is 0 Å². The van der Waals surface area contributed by atoms with E-state index in [0.29, 0.717) is 28.3 Å². The predicted octanol–water partition coefficient (Wildman–Crippen LogP) is -0.124. The molecular weight excluding hydrogens is 534 g/mol. The van der Waals surface area contributed by atoms with E-state index >= 15 is 0 Å². The molecule has 2 atom stereocenters. The largest absolute Gasteiger partial charge is 0.542 e. The molecule has 3 heterocycles. The molecule has 1 aromatic carbocycles. The highest BCUT2D eigenvalue weighted by Crippen LogP contribution is 2.29. The number of carboxylic acids is 1. The SMILES string of the molecule is C[C@H]([NH3+])C(=O)OC[C@H]1CN(c2ccc(-c3ccc(-c4nnn(C)n4)nc3)c(F)c2)C(=O)O1.O=C([O-])C(F)(F)F. The second kappa shape index (κ2) is 11.8. The monoisotopic (exact) mass is 555 g/mol. The molecule has 13 nitrogen and oxygen atoms in total. The van der Waals surface area contributed by atoms with Gasteiger partial charge in [-0.2, -0.15) is 18.0 Å². The number of ether oxygens (including phenoxy) is 2. The zero-order valence-corrected chi connectivity index (χ0v) is 20.4. The van der Waals surface area contributed by atoms with Gasteiger partial charge in [0.25, 0.3) is 0 Å². The van der Waals surface area contributed by atoms with Crippen molar-refractivity contribution in [3.8, 4) is 22.6 Å². The number of pyridine rings is 1. The number of cyclic esters (lactones) is 1. The first-order valence-electron chi connectivity index (χ1n) is 11.0. The summed E-state index contributed by atoms with van der Waals surface area (Å²) in [5, 5.41) is 20.5. The molecule has 17 heteroatoms. The van der Waals surface area contributed by atoms with E-state index in [1.54, 1.807) is 38.2 Å². The fourth-order valence-corrected chi connectivity index (χ4v) is 3.11. The van der Waals surface area contributed by atoms with Gasteiger partial charge in [0.1, 0.15) is 24.1 Å². The Balaban J connectivity index is 0.000000532. The van der Waals surface area contributed by atoms with Gasteiger partial charge in [0.2, 0.25) is 5.82 Å². The first-order valence-corrected chi connectivity index (χ1v) is 11.0. The van der Waals surface area contributed by atoms with E-state index in [4.69, 9.17) is 19.4 Å². The van der Waals surface area contributed by atoms with Crippen LogP contribution in [0, 0.1) is 5.82 Å². The van der Waals surface area contributed by atoms with E-state index in [9.17, 15) is 27.2 Å². The Bertz CT molecular complexity index is 1350. The number of rotatable bonds is 6. The lowest BCUT2D eigenvalue weighted by Gasteiger charge is -2.14. The highest BCUT2D eigenvalue weighted by molar-refractivity contribution is 5.90. The highest BCUT2D eigenvalue weighted by Gasteiger charge is 2.34. The summed E-state index contributed by atoms with van der Waals surface area (Å²) in [4.78, 5) is 39.4. The number of benzene rings is 1. The molecular formula is C22H21F4N7O6. The van der Waals surface area contributed by atoms with Gasteiger partial charge in [-0.15, -0.1) is 10.2 Å². The standard InChI is InChI=1S/C20H20FN7O4.C2HF3O2/c1-11(22)19(29)31-10-14-9-28(20(30)32-14)13-4-5-15(16(21)7-13)12-3-6-17(23-8-12)18-24-26-27(2)25-18;3-2(4,5)1(6)7/h3-8,11,14H,9-10,22H2,1-2H3;(H,6,7)/t11-,14+;/m0./s1. The summed E-state index contributed by atoms with van der Waals surface area (Å²) in [5.41, 5.74) is 5.30. The second-order valence-corrected chi connectivity index (χ2v) is 8.13. The normalized spacial score (nSPS) is 15.7. The third-order valence-corrected chi connectivity index (χ3v) is 5.00. The van der Waals surface area contributed by atoms with Crippen LogP contribution in [0.4, 0.5) is 28.0 Å². The molecule has 0 bridgehead atoms. The average molecular weight is 555 g/mol. The fraction of sp³-hybridized carbons (Fsp3) is 0.318. The van der Waals surface area contributed by atoms with Crippen molar-refractivity contribution in [2.45, 2.75) is 25.2 Å². The maximum Gasteiger partial charge on any atom is 0.430 e. The molecule has 0 unspecified atom stereocenters. The van der Waals surface area contributed by atoms with Crippen molar-refractivity contribution < 1.29 is 52.3 Å². The number of carbonyl (C=O) groups excluding carboxylic acids is 3. The van der Waals surface area contributed by atoms with E-state index in [-0.39, 0.29) is 13.2 Å². The van der Waals surface area contributed by atoms with Gasteiger partial charge in [-0.3, -0.25) is 9.88 Å². The van der Waals surface area contributed by atoms with Crippen LogP contribution in [0.1, 0.15) is 6.92 Å². The van der Waals surface area contributed by atoms with Crippen LogP contribution in [0.15, 0.2) is 36.5 Å². The van der Waals surface area contributed by atoms with Gasteiger partial charge >= 0.3 is 18.2 Å². The lowest BCUT2D eigenvalue weighted by molar-refractivity contribution is -0.403. The quantitative estimate of drug-likeness (QED) is 0.318. The van der Waals surface area contributed by atoms with E-state index in [2.05, 4.69) is 26.1 Å². The Hall–Kier alpha value is -4.67. The minimum atomic E-state index is -5.19. The summed E-state index contributed by atoms with van der Waals surface area (Å²) in [5.74, 6) is -3.65. The van der Waals surface area contributed by atoms with E-state index in [1.807, 2.05) is 0 Å². The van der Waals surface area contributed by atoms with Gasteiger partial charge in [0.05, 0.1) is 19.3 Å². The van der Waals surface area contributed by atoms with Crippen LogP contribution < -0.4 is 15.7 Å². The molecule has 1 amide bonds. The van der Waals surface area contributed by atoms with Crippen LogP contribution in [-0.2, 0) is 26.1 Å². The number of carbonyl (C=O) groups is 3. The van der Waals surface area contributed by atoms with Crippen molar-refractivity contribution >= 4 is 23.7 Å². The Morgan fingerprint density at radius 1 is 1.28 bits per heavy atom. The second-order valence-electron chi connectivity index (χ2n) is 8.13. The number of tetrazole rings is 1. The highest BCUT2D eigenvalue weighted by atomic mass is 19.4. The first kappa shape index (κ1) is 28.9. The molecule has 1 saturated heterocycles. The Kier molecular flexibility index (Phi) is 8.74. The van der Waals surface area contributed by atoms with Gasteiger partial charge in [-0.1, -0.05) is 6.07 Å². The van der Waals surface area contributed by atoms with Crippen molar-refractivity contribution in [3.05, 3.63) is 42.3 Å². The maximum absolute atomic E-state index is 14.9. The smallest absolute Gasteiger partial charge is 0.430 e. The van der Waals surface area contributed by atoms with Crippen LogP contribution in [0.3, 0.4) is 0 Å². The molecule has 0 aliphatic carbocycles. The van der Waals surface area contributed by atoms with Crippen LogP contribution in [0.25, 0.3) is 22.6 Å². The summed E-state index contributed by atoms with van der Waals surface area (Å²) in [7, 11) is 1.65. The van der Waals surface area contributed by atoms with Crippen molar-refractivity contribution in [2.75, 3.05) is 18.1 Å². The zero-order valence-electron chi connectivity index (χ0n) is 20.4. The predicted molar refractivity (Wildman–Crippen MR) is 119 cm³/mol. The molecule has 3 aromatic rings. The van der Waals surface area contributed by atoms with Crippen molar-refractivity contribution in [1.29, 1.82) is 0 Å². The lowest BCUT2D eigenvalue weighted by Crippen LogP contribution is -2.63. The Morgan fingerprint density at radius 2 is 1.97 bits per heavy atom. The molecule has 0 radical (unpaired) electrons. The van der Waals surface area contributed by atoms with Crippen molar-refractivity contribution in [2.24, 2.45) is 7.05 Å². The molecule has 4 rings (SSSR count). The van der Waals surface area contributed by atoms with Crippen LogP contribution in [0.2, 0.25) is 0 Å². The summed E-state index contributed by atoms with van der Waals surface area (Å²) >= 11 is 0. The van der Waals surface area contributed by atoms with Gasteiger partial charge in [0, 0.05) is 17.3 Å². The Morgan fingerprint density at radius 3 is 2.49 bits per heavy atom.